The highest BCUT2D eigenvalue weighted by Crippen LogP contribution is 2.20. The number of carbonyl (C=O) groups is 1. The lowest BCUT2D eigenvalue weighted by atomic mass is 10.1. The van der Waals surface area contributed by atoms with Gasteiger partial charge in [0.2, 0.25) is 5.91 Å². The molecule has 1 aromatic rings. The van der Waals surface area contributed by atoms with Gasteiger partial charge < -0.3 is 10.6 Å². The van der Waals surface area contributed by atoms with Crippen LogP contribution in [0.25, 0.3) is 0 Å². The van der Waals surface area contributed by atoms with Gasteiger partial charge in [-0.2, -0.15) is 0 Å². The van der Waals surface area contributed by atoms with Crippen LogP contribution in [0.5, 0.6) is 0 Å². The molecule has 17 heavy (non-hydrogen) atoms. The minimum Gasteiger partial charge on any atom is -0.356 e. The predicted molar refractivity (Wildman–Crippen MR) is 73.3 cm³/mol. The van der Waals surface area contributed by atoms with Crippen molar-refractivity contribution in [3.63, 3.8) is 0 Å². The normalized spacial score (nSPS) is 12.2. The topological polar surface area (TPSA) is 41.1 Å². The van der Waals surface area contributed by atoms with E-state index in [0.29, 0.717) is 18.3 Å². The van der Waals surface area contributed by atoms with Crippen molar-refractivity contribution < 1.29 is 4.79 Å². The van der Waals surface area contributed by atoms with E-state index in [1.165, 1.54) is 5.56 Å². The van der Waals surface area contributed by atoms with Crippen LogP contribution in [0, 0.1) is 0 Å². The van der Waals surface area contributed by atoms with Crippen molar-refractivity contribution in [1.82, 2.24) is 10.6 Å². The van der Waals surface area contributed by atoms with Gasteiger partial charge in [-0.05, 0) is 38.6 Å². The predicted octanol–water partition coefficient (Wildman–Crippen LogP) is 2.20. The van der Waals surface area contributed by atoms with E-state index in [-0.39, 0.29) is 5.91 Å². The van der Waals surface area contributed by atoms with Gasteiger partial charge in [0, 0.05) is 17.5 Å². The molecule has 0 bridgehead atoms. The fraction of sp³-hybridized carbons (Fsp3) is 0.462. The summed E-state index contributed by atoms with van der Waals surface area (Å²) in [6.45, 7) is 4.74. The summed E-state index contributed by atoms with van der Waals surface area (Å²) in [7, 11) is 1.95. The van der Waals surface area contributed by atoms with E-state index >= 15 is 0 Å². The van der Waals surface area contributed by atoms with Gasteiger partial charge in [0.05, 0.1) is 5.75 Å². The largest absolute Gasteiger partial charge is 0.356 e. The molecule has 1 atom stereocenters. The van der Waals surface area contributed by atoms with Gasteiger partial charge in [-0.3, -0.25) is 4.79 Å². The van der Waals surface area contributed by atoms with Crippen LogP contribution in [0.3, 0.4) is 0 Å². The Balaban J connectivity index is 2.48. The van der Waals surface area contributed by atoms with E-state index in [1.807, 2.05) is 14.0 Å². The molecule has 0 aliphatic heterocycles. The minimum absolute atomic E-state index is 0.0881. The summed E-state index contributed by atoms with van der Waals surface area (Å²) in [6, 6.07) is 8.68. The molecule has 1 unspecified atom stereocenters. The smallest absolute Gasteiger partial charge is 0.230 e. The summed E-state index contributed by atoms with van der Waals surface area (Å²) in [5.41, 5.74) is 1.26. The molecule has 0 spiro atoms. The Morgan fingerprint density at radius 1 is 1.35 bits per heavy atom. The second-order valence-corrected chi connectivity index (χ2v) is 4.87. The van der Waals surface area contributed by atoms with Crippen LogP contribution in [0.2, 0.25) is 0 Å². The zero-order chi connectivity index (χ0) is 12.7. The molecule has 0 saturated heterocycles. The first-order valence-electron chi connectivity index (χ1n) is 5.84. The number of hydrogen-bond acceptors (Lipinski definition) is 3. The standard InChI is InChI=1S/C13H20N2OS/c1-4-15-13(16)9-17-12-7-5-11(6-8-12)10(2)14-3/h5-8,10,14H,4,9H2,1-3H3,(H,15,16). The first-order valence-corrected chi connectivity index (χ1v) is 6.82. The van der Waals surface area contributed by atoms with Crippen molar-refractivity contribution >= 4 is 17.7 Å². The van der Waals surface area contributed by atoms with E-state index in [9.17, 15) is 4.79 Å². The molecule has 0 aliphatic carbocycles. The van der Waals surface area contributed by atoms with Crippen molar-refractivity contribution in [2.45, 2.75) is 24.8 Å². The number of carbonyl (C=O) groups excluding carboxylic acids is 1. The van der Waals surface area contributed by atoms with E-state index in [1.54, 1.807) is 11.8 Å². The van der Waals surface area contributed by atoms with Crippen LogP contribution in [0.15, 0.2) is 29.2 Å². The minimum atomic E-state index is 0.0881. The first kappa shape index (κ1) is 14.1. The summed E-state index contributed by atoms with van der Waals surface area (Å²) in [6.07, 6.45) is 0. The lowest BCUT2D eigenvalue weighted by Gasteiger charge is -2.10. The van der Waals surface area contributed by atoms with Gasteiger partial charge in [-0.15, -0.1) is 11.8 Å². The van der Waals surface area contributed by atoms with E-state index in [2.05, 4.69) is 41.8 Å². The number of nitrogens with one attached hydrogen (secondary N) is 2. The molecule has 0 saturated carbocycles. The maximum atomic E-state index is 11.3. The van der Waals surface area contributed by atoms with Gasteiger partial charge in [-0.25, -0.2) is 0 Å². The van der Waals surface area contributed by atoms with Crippen LogP contribution >= 0.6 is 11.8 Å². The van der Waals surface area contributed by atoms with Crippen LogP contribution in [0.1, 0.15) is 25.5 Å². The van der Waals surface area contributed by atoms with Gasteiger partial charge in [0.1, 0.15) is 0 Å². The third-order valence-corrected chi connectivity index (χ3v) is 3.57. The summed E-state index contributed by atoms with van der Waals surface area (Å²) < 4.78 is 0. The number of rotatable bonds is 6. The van der Waals surface area contributed by atoms with E-state index < -0.39 is 0 Å². The third-order valence-electron chi connectivity index (χ3n) is 2.56. The third kappa shape index (κ3) is 4.79. The molecule has 3 nitrogen and oxygen atoms in total. The number of hydrogen-bond donors (Lipinski definition) is 2. The fourth-order valence-electron chi connectivity index (χ4n) is 1.42. The second-order valence-electron chi connectivity index (χ2n) is 3.82. The molecule has 1 rings (SSSR count). The van der Waals surface area contributed by atoms with Crippen molar-refractivity contribution in [3.8, 4) is 0 Å². The van der Waals surface area contributed by atoms with Gasteiger partial charge in [-0.1, -0.05) is 12.1 Å². The van der Waals surface area contributed by atoms with Crippen LogP contribution < -0.4 is 10.6 Å². The number of amides is 1. The second kappa shape index (κ2) is 7.35. The maximum Gasteiger partial charge on any atom is 0.230 e. The summed E-state index contributed by atoms with van der Waals surface area (Å²) in [5, 5.41) is 5.98. The van der Waals surface area contributed by atoms with Crippen molar-refractivity contribution in [1.29, 1.82) is 0 Å². The highest BCUT2D eigenvalue weighted by molar-refractivity contribution is 8.00. The number of thioether (sulfide) groups is 1. The molecule has 0 fully saturated rings. The molecule has 4 heteroatoms. The SMILES string of the molecule is CCNC(=O)CSc1ccc(C(C)NC)cc1. The van der Waals surface area contributed by atoms with Crippen LogP contribution in [-0.2, 0) is 4.79 Å². The zero-order valence-electron chi connectivity index (χ0n) is 10.6. The molecule has 94 valence electrons. The van der Waals surface area contributed by atoms with Crippen LogP contribution in [0.4, 0.5) is 0 Å². The summed E-state index contributed by atoms with van der Waals surface area (Å²) >= 11 is 1.56. The lowest BCUT2D eigenvalue weighted by molar-refractivity contribution is -0.118. The van der Waals surface area contributed by atoms with E-state index in [4.69, 9.17) is 0 Å². The Hall–Kier alpha value is -1.00. The van der Waals surface area contributed by atoms with Gasteiger partial charge >= 0.3 is 0 Å². The fourth-order valence-corrected chi connectivity index (χ4v) is 2.14. The summed E-state index contributed by atoms with van der Waals surface area (Å²) in [4.78, 5) is 12.4. The van der Waals surface area contributed by atoms with Crippen molar-refractivity contribution in [3.05, 3.63) is 29.8 Å². The number of benzene rings is 1. The molecule has 0 heterocycles. The molecule has 1 amide bonds. The lowest BCUT2D eigenvalue weighted by Crippen LogP contribution is -2.24. The molecule has 1 aromatic carbocycles. The van der Waals surface area contributed by atoms with Gasteiger partial charge in [0.25, 0.3) is 0 Å². The highest BCUT2D eigenvalue weighted by Gasteiger charge is 2.04. The van der Waals surface area contributed by atoms with E-state index in [0.717, 1.165) is 4.90 Å². The Kier molecular flexibility index (Phi) is 6.08. The summed E-state index contributed by atoms with van der Waals surface area (Å²) in [5.74, 6) is 0.569. The Bertz CT molecular complexity index is 351. The maximum absolute atomic E-state index is 11.3. The molecule has 0 aliphatic rings. The molecule has 0 radical (unpaired) electrons. The average Bonchev–Trinajstić information content (AvgIpc) is 2.36. The Morgan fingerprint density at radius 2 is 2.00 bits per heavy atom. The highest BCUT2D eigenvalue weighted by atomic mass is 32.2. The first-order chi connectivity index (χ1) is 8.17. The molecular weight excluding hydrogens is 232 g/mol. The zero-order valence-corrected chi connectivity index (χ0v) is 11.4. The quantitative estimate of drug-likeness (QED) is 0.763. The monoisotopic (exact) mass is 252 g/mol. The van der Waals surface area contributed by atoms with Gasteiger partial charge in [0.15, 0.2) is 0 Å². The Labute approximate surface area is 107 Å². The van der Waals surface area contributed by atoms with Crippen LogP contribution in [-0.4, -0.2) is 25.3 Å². The average molecular weight is 252 g/mol. The molecule has 2 N–H and O–H groups in total. The Morgan fingerprint density at radius 3 is 2.53 bits per heavy atom. The van der Waals surface area contributed by atoms with Crippen molar-refractivity contribution in [2.24, 2.45) is 0 Å². The molecule has 0 aromatic heterocycles. The van der Waals surface area contributed by atoms with Crippen molar-refractivity contribution in [2.75, 3.05) is 19.3 Å². The molecular formula is C13H20N2OS.